The number of anilines is 1. The van der Waals surface area contributed by atoms with Crippen LogP contribution in [0, 0.1) is 0 Å². The molecule has 0 radical (unpaired) electrons. The number of fused-ring (bicyclic) bond motifs is 5. The van der Waals surface area contributed by atoms with Crippen LogP contribution in [0.2, 0.25) is 0 Å². The smallest absolute Gasteiger partial charge is 0.246 e. The molecule has 8 heteroatoms. The van der Waals surface area contributed by atoms with E-state index in [2.05, 4.69) is 10.1 Å². The van der Waals surface area contributed by atoms with Crippen LogP contribution in [-0.4, -0.2) is 35.9 Å². The fraction of sp³-hybridized carbons (Fsp3) is 0.192. The highest BCUT2D eigenvalue weighted by Crippen LogP contribution is 2.55. The monoisotopic (exact) mass is 453 g/mol. The number of amides is 1. The van der Waals surface area contributed by atoms with Crippen molar-refractivity contribution in [3.05, 3.63) is 83.9 Å². The van der Waals surface area contributed by atoms with Gasteiger partial charge in [-0.1, -0.05) is 23.4 Å². The van der Waals surface area contributed by atoms with Gasteiger partial charge in [-0.25, -0.2) is 0 Å². The Balaban J connectivity index is 1.29. The lowest BCUT2D eigenvalue weighted by Gasteiger charge is -2.24. The lowest BCUT2D eigenvalue weighted by molar-refractivity contribution is -0.122. The van der Waals surface area contributed by atoms with Crippen LogP contribution in [-0.2, 0) is 16.8 Å². The van der Waals surface area contributed by atoms with E-state index in [0.29, 0.717) is 41.9 Å². The zero-order chi connectivity index (χ0) is 22.7. The highest BCUT2D eigenvalue weighted by atomic mass is 16.6. The molecule has 5 heterocycles. The summed E-state index contributed by atoms with van der Waals surface area (Å²) in [4.78, 5) is 20.0. The Kier molecular flexibility index (Phi) is 3.99. The van der Waals surface area contributed by atoms with Crippen LogP contribution in [0.25, 0.3) is 11.3 Å². The summed E-state index contributed by atoms with van der Waals surface area (Å²) in [5.41, 5.74) is 3.11. The summed E-state index contributed by atoms with van der Waals surface area (Å²) in [6, 6.07) is 17.1. The first-order valence-electron chi connectivity index (χ1n) is 11.1. The number of hydrogen-bond acceptors (Lipinski definition) is 7. The van der Waals surface area contributed by atoms with Gasteiger partial charge in [0.05, 0.1) is 6.54 Å². The van der Waals surface area contributed by atoms with E-state index in [9.17, 15) is 4.79 Å². The summed E-state index contributed by atoms with van der Waals surface area (Å²) in [6.07, 6.45) is 3.44. The van der Waals surface area contributed by atoms with Gasteiger partial charge in [-0.15, -0.1) is 0 Å². The summed E-state index contributed by atoms with van der Waals surface area (Å²) < 4.78 is 23.2. The summed E-state index contributed by atoms with van der Waals surface area (Å²) >= 11 is 0. The molecule has 0 saturated heterocycles. The van der Waals surface area contributed by atoms with Gasteiger partial charge in [0.25, 0.3) is 0 Å². The minimum atomic E-state index is -0.950. The van der Waals surface area contributed by atoms with E-state index in [0.717, 1.165) is 22.4 Å². The van der Waals surface area contributed by atoms with Crippen molar-refractivity contribution in [1.82, 2.24) is 10.1 Å². The molecule has 8 nitrogen and oxygen atoms in total. The standard InChI is InChI=1S/C26H19N3O5/c30-25-26(15-33-22-12-24-23(11-19(22)26)31-8-9-32-24)18-5-1-2-6-21(18)29(25)14-17-10-20(28-34-17)16-4-3-7-27-13-16/h1-7,10-13H,8-9,14-15H2. The number of pyridine rings is 1. The second kappa shape index (κ2) is 7.08. The molecular weight excluding hydrogens is 434 g/mol. The van der Waals surface area contributed by atoms with E-state index in [1.54, 1.807) is 17.3 Å². The molecule has 2 aromatic heterocycles. The number of benzene rings is 2. The minimum Gasteiger partial charge on any atom is -0.491 e. The molecule has 34 heavy (non-hydrogen) atoms. The summed E-state index contributed by atoms with van der Waals surface area (Å²) in [6.45, 7) is 1.44. The molecule has 168 valence electrons. The third kappa shape index (κ3) is 2.62. The molecule has 4 aromatic rings. The van der Waals surface area contributed by atoms with Gasteiger partial charge >= 0.3 is 0 Å². The number of carbonyl (C=O) groups excluding carboxylic acids is 1. The number of nitrogens with zero attached hydrogens (tertiary/aromatic N) is 3. The maximum absolute atomic E-state index is 14.1. The fourth-order valence-corrected chi connectivity index (χ4v) is 5.06. The normalized spacial score (nSPS) is 19.8. The molecule has 0 aliphatic carbocycles. The van der Waals surface area contributed by atoms with Crippen molar-refractivity contribution >= 4 is 11.6 Å². The van der Waals surface area contributed by atoms with Gasteiger partial charge in [-0.3, -0.25) is 9.78 Å². The molecule has 0 saturated carbocycles. The lowest BCUT2D eigenvalue weighted by Crippen LogP contribution is -2.42. The predicted octanol–water partition coefficient (Wildman–Crippen LogP) is 3.73. The first-order valence-corrected chi connectivity index (χ1v) is 11.1. The van der Waals surface area contributed by atoms with Gasteiger partial charge < -0.3 is 23.6 Å². The Morgan fingerprint density at radius 3 is 2.62 bits per heavy atom. The minimum absolute atomic E-state index is 0.0662. The maximum atomic E-state index is 14.1. The number of aromatic nitrogens is 2. The van der Waals surface area contributed by atoms with Crippen molar-refractivity contribution in [3.8, 4) is 28.5 Å². The average molecular weight is 453 g/mol. The molecule has 1 amide bonds. The van der Waals surface area contributed by atoms with E-state index in [1.807, 2.05) is 54.6 Å². The SMILES string of the molecule is O=C1N(Cc2cc(-c3cccnc3)no2)c2ccccc2C12COc1cc3c(cc12)OCCO3. The zero-order valence-corrected chi connectivity index (χ0v) is 18.1. The molecule has 1 spiro atoms. The molecule has 3 aliphatic rings. The zero-order valence-electron chi connectivity index (χ0n) is 18.1. The lowest BCUT2D eigenvalue weighted by atomic mass is 9.77. The van der Waals surface area contributed by atoms with Gasteiger partial charge in [0.1, 0.15) is 36.7 Å². The van der Waals surface area contributed by atoms with Crippen LogP contribution in [0.3, 0.4) is 0 Å². The number of carbonyl (C=O) groups is 1. The third-order valence-corrected chi connectivity index (χ3v) is 6.64. The van der Waals surface area contributed by atoms with Gasteiger partial charge in [0.2, 0.25) is 5.91 Å². The summed E-state index contributed by atoms with van der Waals surface area (Å²) in [5.74, 6) is 2.44. The number of para-hydroxylation sites is 1. The largest absolute Gasteiger partial charge is 0.491 e. The first kappa shape index (κ1) is 19.2. The van der Waals surface area contributed by atoms with Crippen molar-refractivity contribution in [3.63, 3.8) is 0 Å². The second-order valence-electron chi connectivity index (χ2n) is 8.51. The van der Waals surface area contributed by atoms with Crippen LogP contribution in [0.15, 0.2) is 71.5 Å². The van der Waals surface area contributed by atoms with Crippen LogP contribution in [0.1, 0.15) is 16.9 Å². The quantitative estimate of drug-likeness (QED) is 0.467. The molecule has 3 aliphatic heterocycles. The van der Waals surface area contributed by atoms with Crippen molar-refractivity contribution in [2.45, 2.75) is 12.0 Å². The van der Waals surface area contributed by atoms with Crippen molar-refractivity contribution < 1.29 is 23.5 Å². The van der Waals surface area contributed by atoms with E-state index >= 15 is 0 Å². The Morgan fingerprint density at radius 2 is 1.76 bits per heavy atom. The van der Waals surface area contributed by atoms with Gasteiger partial charge in [0.15, 0.2) is 17.3 Å². The van der Waals surface area contributed by atoms with E-state index in [4.69, 9.17) is 18.7 Å². The Morgan fingerprint density at radius 1 is 0.912 bits per heavy atom. The van der Waals surface area contributed by atoms with Gasteiger partial charge in [0, 0.05) is 41.3 Å². The molecule has 1 atom stereocenters. The number of rotatable bonds is 3. The average Bonchev–Trinajstić information content (AvgIpc) is 3.57. The van der Waals surface area contributed by atoms with Crippen molar-refractivity contribution in [2.75, 3.05) is 24.7 Å². The molecule has 7 rings (SSSR count). The third-order valence-electron chi connectivity index (χ3n) is 6.64. The maximum Gasteiger partial charge on any atom is 0.246 e. The van der Waals surface area contributed by atoms with E-state index < -0.39 is 5.41 Å². The predicted molar refractivity (Wildman–Crippen MR) is 121 cm³/mol. The van der Waals surface area contributed by atoms with Crippen LogP contribution >= 0.6 is 0 Å². The molecule has 2 aromatic carbocycles. The highest BCUT2D eigenvalue weighted by Gasteiger charge is 2.57. The topological polar surface area (TPSA) is 86.9 Å². The molecule has 0 N–H and O–H groups in total. The molecule has 0 fully saturated rings. The van der Waals surface area contributed by atoms with Crippen LogP contribution < -0.4 is 19.1 Å². The van der Waals surface area contributed by atoms with Crippen molar-refractivity contribution in [1.29, 1.82) is 0 Å². The molecule has 0 bridgehead atoms. The van der Waals surface area contributed by atoms with Crippen molar-refractivity contribution in [2.24, 2.45) is 0 Å². The molecular formula is C26H19N3O5. The van der Waals surface area contributed by atoms with Crippen LogP contribution in [0.5, 0.6) is 17.2 Å². The van der Waals surface area contributed by atoms with Crippen LogP contribution in [0.4, 0.5) is 5.69 Å². The number of hydrogen-bond donors (Lipinski definition) is 0. The second-order valence-corrected chi connectivity index (χ2v) is 8.51. The van der Waals surface area contributed by atoms with Gasteiger partial charge in [-0.2, -0.15) is 0 Å². The fourth-order valence-electron chi connectivity index (χ4n) is 5.06. The van der Waals surface area contributed by atoms with E-state index in [-0.39, 0.29) is 19.1 Å². The Hall–Kier alpha value is -4.33. The molecule has 1 unspecified atom stereocenters. The highest BCUT2D eigenvalue weighted by molar-refractivity contribution is 6.11. The summed E-state index contributed by atoms with van der Waals surface area (Å²) in [5, 5.41) is 4.17. The number of ether oxygens (including phenoxy) is 3. The first-order chi connectivity index (χ1) is 16.7. The Bertz CT molecular complexity index is 1430. The van der Waals surface area contributed by atoms with E-state index in [1.165, 1.54) is 0 Å². The van der Waals surface area contributed by atoms with Gasteiger partial charge in [-0.05, 0) is 29.8 Å². The summed E-state index contributed by atoms with van der Waals surface area (Å²) in [7, 11) is 0. The Labute approximate surface area is 194 Å².